The Balaban J connectivity index is 1.94. The molecule has 15 heavy (non-hydrogen) atoms. The van der Waals surface area contributed by atoms with Crippen molar-refractivity contribution < 1.29 is 9.53 Å². The molecule has 1 rings (SSSR count). The third-order valence-electron chi connectivity index (χ3n) is 2.74. The number of ether oxygens (including phenoxy) is 1. The van der Waals surface area contributed by atoms with Crippen molar-refractivity contribution in [3.05, 3.63) is 0 Å². The predicted octanol–water partition coefficient (Wildman–Crippen LogP) is 0.527. The zero-order chi connectivity index (χ0) is 11.1. The summed E-state index contributed by atoms with van der Waals surface area (Å²) in [7, 11) is 1.63. The highest BCUT2D eigenvalue weighted by Gasteiger charge is 2.35. The van der Waals surface area contributed by atoms with Gasteiger partial charge >= 0.3 is 0 Å². The fraction of sp³-hybridized carbons (Fsp3) is 0.909. The molecule has 2 atom stereocenters. The van der Waals surface area contributed by atoms with Crippen LogP contribution in [0.3, 0.4) is 0 Å². The number of carbonyl (C=O) groups is 1. The van der Waals surface area contributed by atoms with Crippen LogP contribution in [-0.2, 0) is 9.53 Å². The Morgan fingerprint density at radius 1 is 1.53 bits per heavy atom. The number of rotatable bonds is 8. The van der Waals surface area contributed by atoms with E-state index in [1.165, 1.54) is 19.3 Å². The molecule has 0 aliphatic heterocycles. The normalized spacial score (nSPS) is 23.9. The molecule has 88 valence electrons. The van der Waals surface area contributed by atoms with Crippen molar-refractivity contribution in [1.82, 2.24) is 10.6 Å². The van der Waals surface area contributed by atoms with Gasteiger partial charge in [-0.15, -0.1) is 0 Å². The zero-order valence-corrected chi connectivity index (χ0v) is 9.71. The largest absolute Gasteiger partial charge is 0.383 e. The molecular formula is C11H22N2O2. The van der Waals surface area contributed by atoms with Gasteiger partial charge in [0, 0.05) is 19.7 Å². The molecule has 0 spiro atoms. The van der Waals surface area contributed by atoms with Crippen molar-refractivity contribution in [3.63, 3.8) is 0 Å². The highest BCUT2D eigenvalue weighted by atomic mass is 16.5. The lowest BCUT2D eigenvalue weighted by Gasteiger charge is -2.05. The van der Waals surface area contributed by atoms with Gasteiger partial charge in [0.15, 0.2) is 0 Å². The van der Waals surface area contributed by atoms with Gasteiger partial charge in [0.1, 0.15) is 0 Å². The lowest BCUT2D eigenvalue weighted by molar-refractivity contribution is -0.120. The number of nitrogens with one attached hydrogen (secondary N) is 2. The Labute approximate surface area is 91.8 Å². The molecule has 4 nitrogen and oxygen atoms in total. The maximum atomic E-state index is 11.3. The average molecular weight is 214 g/mol. The van der Waals surface area contributed by atoms with E-state index in [4.69, 9.17) is 4.74 Å². The fourth-order valence-corrected chi connectivity index (χ4v) is 1.77. The quantitative estimate of drug-likeness (QED) is 0.579. The van der Waals surface area contributed by atoms with Crippen molar-refractivity contribution >= 4 is 5.91 Å². The molecule has 1 saturated carbocycles. The molecule has 0 aromatic carbocycles. The summed E-state index contributed by atoms with van der Waals surface area (Å²) < 4.78 is 4.84. The van der Waals surface area contributed by atoms with Gasteiger partial charge in [0.25, 0.3) is 0 Å². The molecule has 1 aliphatic carbocycles. The Bertz CT molecular complexity index is 197. The number of amides is 1. The van der Waals surface area contributed by atoms with Crippen LogP contribution >= 0.6 is 0 Å². The van der Waals surface area contributed by atoms with Crippen LogP contribution in [0.15, 0.2) is 0 Å². The van der Waals surface area contributed by atoms with E-state index in [0.29, 0.717) is 25.7 Å². The number of methoxy groups -OCH3 is 1. The van der Waals surface area contributed by atoms with E-state index < -0.39 is 0 Å². The van der Waals surface area contributed by atoms with Crippen LogP contribution in [0.5, 0.6) is 0 Å². The van der Waals surface area contributed by atoms with Gasteiger partial charge in [-0.1, -0.05) is 13.3 Å². The van der Waals surface area contributed by atoms with Crippen LogP contribution in [0.4, 0.5) is 0 Å². The Morgan fingerprint density at radius 2 is 2.33 bits per heavy atom. The Kier molecular flexibility index (Phi) is 5.65. The van der Waals surface area contributed by atoms with Gasteiger partial charge < -0.3 is 15.4 Å². The van der Waals surface area contributed by atoms with Crippen molar-refractivity contribution in [3.8, 4) is 0 Å². The summed E-state index contributed by atoms with van der Waals surface area (Å²) in [4.78, 5) is 11.3. The van der Waals surface area contributed by atoms with Crippen LogP contribution in [0.2, 0.25) is 0 Å². The summed E-state index contributed by atoms with van der Waals surface area (Å²) in [5, 5.41) is 6.05. The first-order valence-electron chi connectivity index (χ1n) is 5.77. The van der Waals surface area contributed by atoms with Crippen molar-refractivity contribution in [2.75, 3.05) is 26.8 Å². The minimum absolute atomic E-state index is 0.0641. The predicted molar refractivity (Wildman–Crippen MR) is 59.7 cm³/mol. The number of carbonyl (C=O) groups excluding carboxylic acids is 1. The molecule has 1 amide bonds. The molecule has 0 heterocycles. The highest BCUT2D eigenvalue weighted by Crippen LogP contribution is 2.34. The second-order valence-electron chi connectivity index (χ2n) is 4.11. The van der Waals surface area contributed by atoms with Crippen molar-refractivity contribution in [1.29, 1.82) is 0 Å². The van der Waals surface area contributed by atoms with Crippen LogP contribution in [0.25, 0.3) is 0 Å². The van der Waals surface area contributed by atoms with E-state index in [0.717, 1.165) is 5.92 Å². The van der Waals surface area contributed by atoms with E-state index in [9.17, 15) is 4.79 Å². The second-order valence-corrected chi connectivity index (χ2v) is 4.11. The van der Waals surface area contributed by atoms with E-state index in [1.54, 1.807) is 7.11 Å². The second kappa shape index (κ2) is 6.80. The van der Waals surface area contributed by atoms with Gasteiger partial charge in [0.05, 0.1) is 13.2 Å². The lowest BCUT2D eigenvalue weighted by atomic mass is 10.2. The first-order valence-corrected chi connectivity index (χ1v) is 5.77. The van der Waals surface area contributed by atoms with Crippen molar-refractivity contribution in [2.24, 2.45) is 5.92 Å². The highest BCUT2D eigenvalue weighted by molar-refractivity contribution is 5.78. The zero-order valence-electron chi connectivity index (χ0n) is 9.71. The van der Waals surface area contributed by atoms with E-state index in [1.807, 2.05) is 0 Å². The van der Waals surface area contributed by atoms with Gasteiger partial charge in [-0.3, -0.25) is 4.79 Å². The smallest absolute Gasteiger partial charge is 0.234 e. The maximum absolute atomic E-state index is 11.3. The molecule has 0 aromatic heterocycles. The van der Waals surface area contributed by atoms with Gasteiger partial charge in [0.2, 0.25) is 5.91 Å². The van der Waals surface area contributed by atoms with Crippen LogP contribution in [0.1, 0.15) is 26.2 Å². The Hall–Kier alpha value is -0.610. The summed E-state index contributed by atoms with van der Waals surface area (Å²) in [6.07, 6.45) is 3.75. The van der Waals surface area contributed by atoms with Gasteiger partial charge in [-0.25, -0.2) is 0 Å². The Morgan fingerprint density at radius 3 is 3.00 bits per heavy atom. The molecule has 0 radical (unpaired) electrons. The molecule has 2 unspecified atom stereocenters. The van der Waals surface area contributed by atoms with Gasteiger partial charge in [-0.05, 0) is 18.8 Å². The first kappa shape index (κ1) is 12.5. The number of hydrogen-bond acceptors (Lipinski definition) is 3. The van der Waals surface area contributed by atoms with Gasteiger partial charge in [-0.2, -0.15) is 0 Å². The fourth-order valence-electron chi connectivity index (χ4n) is 1.77. The minimum Gasteiger partial charge on any atom is -0.383 e. The number of hydrogen-bond donors (Lipinski definition) is 2. The van der Waals surface area contributed by atoms with E-state index in [2.05, 4.69) is 17.6 Å². The summed E-state index contributed by atoms with van der Waals surface area (Å²) in [6, 6.07) is 0.582. The van der Waals surface area contributed by atoms with Crippen LogP contribution in [0, 0.1) is 5.92 Å². The first-order chi connectivity index (χ1) is 7.27. The van der Waals surface area contributed by atoms with Crippen LogP contribution < -0.4 is 10.6 Å². The topological polar surface area (TPSA) is 50.4 Å². The summed E-state index contributed by atoms with van der Waals surface area (Å²) in [6.45, 7) is 3.81. The molecule has 0 bridgehead atoms. The molecule has 2 N–H and O–H groups in total. The molecule has 1 fully saturated rings. The lowest BCUT2D eigenvalue weighted by Crippen LogP contribution is -2.36. The summed E-state index contributed by atoms with van der Waals surface area (Å²) in [5.74, 6) is 0.871. The molecule has 4 heteroatoms. The standard InChI is InChI=1S/C11H22N2O2/c1-3-4-9-7-10(9)13-8-11(14)12-5-6-15-2/h9-10,13H,3-8H2,1-2H3,(H,12,14). The molecule has 0 saturated heterocycles. The monoisotopic (exact) mass is 214 g/mol. The minimum atomic E-state index is 0.0641. The molecule has 1 aliphatic rings. The third-order valence-corrected chi connectivity index (χ3v) is 2.74. The van der Waals surface area contributed by atoms with E-state index in [-0.39, 0.29) is 5.91 Å². The summed E-state index contributed by atoms with van der Waals surface area (Å²) >= 11 is 0. The molecular weight excluding hydrogens is 192 g/mol. The van der Waals surface area contributed by atoms with E-state index >= 15 is 0 Å². The SMILES string of the molecule is CCCC1CC1NCC(=O)NCCOC. The van der Waals surface area contributed by atoms with Crippen LogP contribution in [-0.4, -0.2) is 38.8 Å². The summed E-state index contributed by atoms with van der Waals surface area (Å²) in [5.41, 5.74) is 0. The maximum Gasteiger partial charge on any atom is 0.234 e. The van der Waals surface area contributed by atoms with Crippen molar-refractivity contribution in [2.45, 2.75) is 32.2 Å². The third kappa shape index (κ3) is 5.14. The molecule has 0 aromatic rings. The average Bonchev–Trinajstić information content (AvgIpc) is 2.95.